The zero-order valence-electron chi connectivity index (χ0n) is 20.0. The van der Waals surface area contributed by atoms with E-state index in [-0.39, 0.29) is 0 Å². The Morgan fingerprint density at radius 1 is 0.806 bits per heavy atom. The summed E-state index contributed by atoms with van der Waals surface area (Å²) in [7, 11) is 0. The maximum atomic E-state index is 14.0. The molecular formula is C29H24Cl2N2O3. The zero-order chi connectivity index (χ0) is 25.6. The van der Waals surface area contributed by atoms with Gasteiger partial charge < -0.3 is 5.32 Å². The van der Waals surface area contributed by atoms with E-state index in [1.165, 1.54) is 0 Å². The number of alkyl halides is 2. The van der Waals surface area contributed by atoms with E-state index in [0.29, 0.717) is 5.69 Å². The van der Waals surface area contributed by atoms with Crippen LogP contribution in [0, 0.1) is 25.7 Å². The lowest BCUT2D eigenvalue weighted by atomic mass is 9.54. The minimum absolute atomic E-state index is 0.449. The van der Waals surface area contributed by atoms with Crippen LogP contribution >= 0.6 is 23.2 Å². The van der Waals surface area contributed by atoms with E-state index in [4.69, 9.17) is 23.2 Å². The van der Waals surface area contributed by atoms with Crippen molar-refractivity contribution in [2.75, 3.05) is 5.32 Å². The van der Waals surface area contributed by atoms with Gasteiger partial charge in [0.15, 0.2) is 0 Å². The Kier molecular flexibility index (Phi) is 4.96. The van der Waals surface area contributed by atoms with Gasteiger partial charge >= 0.3 is 0 Å². The van der Waals surface area contributed by atoms with Crippen molar-refractivity contribution >= 4 is 46.6 Å². The van der Waals surface area contributed by atoms with Gasteiger partial charge in [0.05, 0.1) is 11.8 Å². The molecule has 3 amide bonds. The monoisotopic (exact) mass is 518 g/mol. The number of nitrogens with zero attached hydrogens (tertiary/aromatic N) is 1. The van der Waals surface area contributed by atoms with E-state index < -0.39 is 45.3 Å². The van der Waals surface area contributed by atoms with Crippen LogP contribution in [0.25, 0.3) is 0 Å². The third-order valence-electron chi connectivity index (χ3n) is 7.88. The molecule has 7 rings (SSSR count). The third-order valence-corrected chi connectivity index (χ3v) is 9.16. The quantitative estimate of drug-likeness (QED) is 0.381. The molecule has 0 saturated carbocycles. The van der Waals surface area contributed by atoms with Gasteiger partial charge in [0.25, 0.3) is 0 Å². The molecule has 1 saturated heterocycles. The zero-order valence-corrected chi connectivity index (χ0v) is 21.5. The smallest absolute Gasteiger partial charge is 0.247 e. The van der Waals surface area contributed by atoms with Crippen molar-refractivity contribution in [1.29, 1.82) is 0 Å². The molecule has 0 aromatic heterocycles. The molecule has 36 heavy (non-hydrogen) atoms. The lowest BCUT2D eigenvalue weighted by Crippen LogP contribution is -2.57. The summed E-state index contributed by atoms with van der Waals surface area (Å²) >= 11 is 14.9. The van der Waals surface area contributed by atoms with Crippen LogP contribution in [0.3, 0.4) is 0 Å². The summed E-state index contributed by atoms with van der Waals surface area (Å²) in [4.78, 5) is 39.8. The van der Waals surface area contributed by atoms with E-state index in [1.54, 1.807) is 6.92 Å². The Morgan fingerprint density at radius 2 is 1.19 bits per heavy atom. The summed E-state index contributed by atoms with van der Waals surface area (Å²) in [5.74, 6) is -3.25. The molecule has 3 aliphatic carbocycles. The molecule has 182 valence electrons. The number of carbonyl (C=O) groups excluding carboxylic acids is 3. The maximum Gasteiger partial charge on any atom is 0.247 e. The van der Waals surface area contributed by atoms with Crippen molar-refractivity contribution in [3.63, 3.8) is 0 Å². The van der Waals surface area contributed by atoms with Crippen molar-refractivity contribution < 1.29 is 14.4 Å². The van der Waals surface area contributed by atoms with Crippen LogP contribution in [-0.4, -0.2) is 28.7 Å². The molecule has 7 heteroatoms. The summed E-state index contributed by atoms with van der Waals surface area (Å²) in [5, 5.41) is 2.86. The standard InChI is InChI=1S/C29H24Cl2N2O3/c1-15-12-16(2)14-18(13-15)32-25(34)17(3)33-26(35)23-24(27(33)36)29(31)20-9-5-4-8-19(20)28(23,30)21-10-6-7-11-22(21)29/h4-14,17,23-24H,1-3H3,(H,32,34)/t17-,23-,24+,28?,29?/m0/s1. The number of rotatable bonds is 3. The normalized spacial score (nSPS) is 28.4. The Labute approximate surface area is 219 Å². The fourth-order valence-electron chi connectivity index (χ4n) is 6.48. The molecule has 2 bridgehead atoms. The van der Waals surface area contributed by atoms with Crippen LogP contribution in [0.2, 0.25) is 0 Å². The highest BCUT2D eigenvalue weighted by molar-refractivity contribution is 6.36. The second-order valence-electron chi connectivity index (χ2n) is 10.1. The highest BCUT2D eigenvalue weighted by atomic mass is 35.5. The highest BCUT2D eigenvalue weighted by Gasteiger charge is 2.73. The Hall–Kier alpha value is -3.15. The van der Waals surface area contributed by atoms with Crippen molar-refractivity contribution in [2.45, 2.75) is 36.6 Å². The number of aryl methyl sites for hydroxylation is 2. The fraction of sp³-hybridized carbons (Fsp3) is 0.276. The number of likely N-dealkylation sites (tertiary alicyclic amines) is 1. The summed E-state index contributed by atoms with van der Waals surface area (Å²) in [6, 6.07) is 19.6. The van der Waals surface area contributed by atoms with Gasteiger partial charge in [-0.05, 0) is 66.3 Å². The first-order valence-corrected chi connectivity index (χ1v) is 12.7. The Balaban J connectivity index is 1.44. The molecular weight excluding hydrogens is 495 g/mol. The number of nitrogens with one attached hydrogen (secondary N) is 1. The molecule has 3 aromatic carbocycles. The Bertz CT molecular complexity index is 1340. The molecule has 1 fully saturated rings. The van der Waals surface area contributed by atoms with Crippen LogP contribution in [0.1, 0.15) is 40.3 Å². The highest BCUT2D eigenvalue weighted by Crippen LogP contribution is 2.69. The van der Waals surface area contributed by atoms with Crippen LogP contribution in [0.4, 0.5) is 5.69 Å². The van der Waals surface area contributed by atoms with Crippen LogP contribution in [0.15, 0.2) is 66.7 Å². The minimum atomic E-state index is -1.26. The first-order chi connectivity index (χ1) is 17.1. The largest absolute Gasteiger partial charge is 0.324 e. The molecule has 1 N–H and O–H groups in total. The summed E-state index contributed by atoms with van der Waals surface area (Å²) in [6.07, 6.45) is 0. The average Bonchev–Trinajstić information content (AvgIpc) is 3.12. The van der Waals surface area contributed by atoms with Gasteiger partial charge in [-0.1, -0.05) is 54.6 Å². The van der Waals surface area contributed by atoms with Gasteiger partial charge in [0.2, 0.25) is 17.7 Å². The van der Waals surface area contributed by atoms with Crippen molar-refractivity contribution in [1.82, 2.24) is 4.90 Å². The number of anilines is 1. The summed E-state index contributed by atoms with van der Waals surface area (Å²) in [5.41, 5.74) is 5.54. The number of hydrogen-bond acceptors (Lipinski definition) is 3. The minimum Gasteiger partial charge on any atom is -0.324 e. The topological polar surface area (TPSA) is 66.5 Å². The predicted molar refractivity (Wildman–Crippen MR) is 139 cm³/mol. The van der Waals surface area contributed by atoms with Crippen molar-refractivity contribution in [3.05, 3.63) is 100 Å². The lowest BCUT2D eigenvalue weighted by molar-refractivity contribution is -0.146. The average molecular weight is 519 g/mol. The van der Waals surface area contributed by atoms with Crippen molar-refractivity contribution in [2.24, 2.45) is 11.8 Å². The van der Waals surface area contributed by atoms with Crippen molar-refractivity contribution in [3.8, 4) is 0 Å². The molecule has 0 unspecified atom stereocenters. The van der Waals surface area contributed by atoms with Crippen LogP contribution in [0.5, 0.6) is 0 Å². The first-order valence-electron chi connectivity index (χ1n) is 11.9. The maximum absolute atomic E-state index is 14.0. The van der Waals surface area contributed by atoms with Gasteiger partial charge in [-0.3, -0.25) is 19.3 Å². The molecule has 4 aliphatic rings. The number of imide groups is 1. The van der Waals surface area contributed by atoms with Gasteiger partial charge in [-0.2, -0.15) is 0 Å². The number of carbonyl (C=O) groups is 3. The van der Waals surface area contributed by atoms with E-state index in [2.05, 4.69) is 5.32 Å². The molecule has 3 atom stereocenters. The molecule has 1 heterocycles. The molecule has 0 spiro atoms. The van der Waals surface area contributed by atoms with E-state index >= 15 is 0 Å². The van der Waals surface area contributed by atoms with Crippen LogP contribution in [-0.2, 0) is 24.1 Å². The number of halogens is 2. The van der Waals surface area contributed by atoms with Gasteiger partial charge in [0, 0.05) is 5.69 Å². The second kappa shape index (κ2) is 7.67. The third kappa shape index (κ3) is 2.81. The van der Waals surface area contributed by atoms with E-state index in [0.717, 1.165) is 38.3 Å². The van der Waals surface area contributed by atoms with E-state index in [1.807, 2.05) is 80.6 Å². The number of hydrogen-bond donors (Lipinski definition) is 1. The Morgan fingerprint density at radius 3 is 1.58 bits per heavy atom. The van der Waals surface area contributed by atoms with Gasteiger partial charge in [0.1, 0.15) is 15.8 Å². The number of amides is 3. The molecule has 1 aliphatic heterocycles. The fourth-order valence-corrected chi connectivity index (χ4v) is 7.58. The first kappa shape index (κ1) is 23.3. The second-order valence-corrected chi connectivity index (χ2v) is 11.3. The van der Waals surface area contributed by atoms with Gasteiger partial charge in [-0.25, -0.2) is 0 Å². The molecule has 3 aromatic rings. The molecule has 0 radical (unpaired) electrons. The predicted octanol–water partition coefficient (Wildman–Crippen LogP) is 5.22. The molecule has 5 nitrogen and oxygen atoms in total. The van der Waals surface area contributed by atoms with E-state index in [9.17, 15) is 14.4 Å². The van der Waals surface area contributed by atoms with Crippen LogP contribution < -0.4 is 5.32 Å². The summed E-state index contributed by atoms with van der Waals surface area (Å²) < 4.78 is 0. The van der Waals surface area contributed by atoms with Gasteiger partial charge in [-0.15, -0.1) is 23.2 Å². The SMILES string of the molecule is Cc1cc(C)cc(NC(=O)[C@H](C)N2C(=O)[C@@H]3[C@H](C2=O)C2(Cl)c4ccccc4C3(Cl)c3ccccc32)c1. The number of benzene rings is 3. The lowest BCUT2D eigenvalue weighted by Gasteiger charge is -2.54. The summed E-state index contributed by atoms with van der Waals surface area (Å²) in [6.45, 7) is 5.44.